The van der Waals surface area contributed by atoms with E-state index in [9.17, 15) is 4.79 Å². The standard InChI is InChI=1S/C27H28N2O/c30-26(29-19-8-7-10-22-11-9-18-28-21-22)16-17-27(24-14-5-2-6-15-24)20-25(27)23-12-3-1-4-13-23/h1-6,9,11-18,21,25H,7-8,10,19-20H2,(H,29,30). The molecule has 1 aliphatic carbocycles. The van der Waals surface area contributed by atoms with Crippen molar-refractivity contribution in [1.29, 1.82) is 0 Å². The minimum Gasteiger partial charge on any atom is -0.353 e. The average molecular weight is 397 g/mol. The van der Waals surface area contributed by atoms with E-state index in [0.29, 0.717) is 12.5 Å². The third-order valence-corrected chi connectivity index (χ3v) is 5.96. The Hall–Kier alpha value is -3.20. The van der Waals surface area contributed by atoms with E-state index in [2.05, 4.69) is 71.0 Å². The topological polar surface area (TPSA) is 42.0 Å². The van der Waals surface area contributed by atoms with Crippen molar-refractivity contribution >= 4 is 5.91 Å². The van der Waals surface area contributed by atoms with E-state index in [1.807, 2.05) is 24.4 Å². The van der Waals surface area contributed by atoms with Crippen LogP contribution in [0.15, 0.2) is 97.3 Å². The molecule has 0 spiro atoms. The molecule has 3 aromatic rings. The molecule has 4 rings (SSSR count). The molecular formula is C27H28N2O. The van der Waals surface area contributed by atoms with Crippen molar-refractivity contribution in [2.24, 2.45) is 0 Å². The van der Waals surface area contributed by atoms with Crippen LogP contribution in [0.2, 0.25) is 0 Å². The highest BCUT2D eigenvalue weighted by Crippen LogP contribution is 2.61. The predicted molar refractivity (Wildman–Crippen MR) is 121 cm³/mol. The maximum Gasteiger partial charge on any atom is 0.243 e. The van der Waals surface area contributed by atoms with Crippen LogP contribution in [0.1, 0.15) is 41.9 Å². The zero-order valence-corrected chi connectivity index (χ0v) is 17.2. The SMILES string of the molecule is O=C(C=CC1(c2ccccc2)CC1c1ccccc1)NCCCCc1cccnc1. The van der Waals surface area contributed by atoms with E-state index < -0.39 is 0 Å². The Morgan fingerprint density at radius 3 is 2.50 bits per heavy atom. The highest BCUT2D eigenvalue weighted by Gasteiger charge is 2.53. The monoisotopic (exact) mass is 396 g/mol. The van der Waals surface area contributed by atoms with Gasteiger partial charge in [-0.05, 0) is 60.4 Å². The number of hydrogen-bond acceptors (Lipinski definition) is 2. The second kappa shape index (κ2) is 9.53. The van der Waals surface area contributed by atoms with Crippen LogP contribution in [0, 0.1) is 0 Å². The number of nitrogens with zero attached hydrogens (tertiary/aromatic N) is 1. The molecule has 30 heavy (non-hydrogen) atoms. The van der Waals surface area contributed by atoms with E-state index in [-0.39, 0.29) is 11.3 Å². The molecule has 1 heterocycles. The molecule has 1 fully saturated rings. The fourth-order valence-corrected chi connectivity index (χ4v) is 4.22. The molecule has 2 aromatic carbocycles. The van der Waals surface area contributed by atoms with Gasteiger partial charge >= 0.3 is 0 Å². The molecule has 1 saturated carbocycles. The summed E-state index contributed by atoms with van der Waals surface area (Å²) in [6.07, 6.45) is 11.6. The van der Waals surface area contributed by atoms with Crippen molar-refractivity contribution in [3.05, 3.63) is 114 Å². The number of nitrogens with one attached hydrogen (secondary N) is 1. The summed E-state index contributed by atoms with van der Waals surface area (Å²) in [6, 6.07) is 25.2. The van der Waals surface area contributed by atoms with Gasteiger partial charge in [0.2, 0.25) is 5.91 Å². The summed E-state index contributed by atoms with van der Waals surface area (Å²) in [5, 5.41) is 3.03. The van der Waals surface area contributed by atoms with Crippen LogP contribution in [0.25, 0.3) is 0 Å². The van der Waals surface area contributed by atoms with Gasteiger partial charge in [-0.25, -0.2) is 0 Å². The number of unbranched alkanes of at least 4 members (excludes halogenated alkanes) is 1. The van der Waals surface area contributed by atoms with Gasteiger partial charge in [0.1, 0.15) is 0 Å². The lowest BCUT2D eigenvalue weighted by atomic mass is 9.90. The summed E-state index contributed by atoms with van der Waals surface area (Å²) >= 11 is 0. The fraction of sp³-hybridized carbons (Fsp3) is 0.259. The molecule has 0 aliphatic heterocycles. The van der Waals surface area contributed by atoms with Crippen LogP contribution in [-0.4, -0.2) is 17.4 Å². The summed E-state index contributed by atoms with van der Waals surface area (Å²) in [5.41, 5.74) is 3.77. The molecule has 1 aromatic heterocycles. The van der Waals surface area contributed by atoms with Crippen LogP contribution in [0.4, 0.5) is 0 Å². The Balaban J connectivity index is 1.32. The second-order valence-electron chi connectivity index (χ2n) is 8.02. The van der Waals surface area contributed by atoms with Gasteiger partial charge < -0.3 is 5.32 Å². The molecule has 1 amide bonds. The minimum atomic E-state index is -0.0831. The summed E-state index contributed by atoms with van der Waals surface area (Å²) in [5.74, 6) is 0.412. The molecule has 3 heteroatoms. The highest BCUT2D eigenvalue weighted by molar-refractivity contribution is 5.88. The lowest BCUT2D eigenvalue weighted by Crippen LogP contribution is -2.22. The molecule has 152 valence electrons. The van der Waals surface area contributed by atoms with Crippen LogP contribution in [0.5, 0.6) is 0 Å². The van der Waals surface area contributed by atoms with E-state index in [1.54, 1.807) is 12.3 Å². The van der Waals surface area contributed by atoms with Crippen molar-refractivity contribution in [1.82, 2.24) is 10.3 Å². The number of aromatic nitrogens is 1. The van der Waals surface area contributed by atoms with E-state index >= 15 is 0 Å². The number of amides is 1. The molecular weight excluding hydrogens is 368 g/mol. The number of carbonyl (C=O) groups is 1. The number of pyridine rings is 1. The lowest BCUT2D eigenvalue weighted by molar-refractivity contribution is -0.116. The number of rotatable bonds is 9. The maximum atomic E-state index is 12.4. The van der Waals surface area contributed by atoms with Gasteiger partial charge in [-0.3, -0.25) is 9.78 Å². The Morgan fingerprint density at radius 1 is 1.00 bits per heavy atom. The first-order valence-corrected chi connectivity index (χ1v) is 10.7. The quantitative estimate of drug-likeness (QED) is 0.399. The maximum absolute atomic E-state index is 12.4. The predicted octanol–water partition coefficient (Wildman–Crippen LogP) is 5.20. The van der Waals surface area contributed by atoms with E-state index in [1.165, 1.54) is 16.7 Å². The first-order valence-electron chi connectivity index (χ1n) is 10.7. The molecule has 3 nitrogen and oxygen atoms in total. The van der Waals surface area contributed by atoms with Crippen molar-refractivity contribution in [3.63, 3.8) is 0 Å². The highest BCUT2D eigenvalue weighted by atomic mass is 16.1. The zero-order valence-electron chi connectivity index (χ0n) is 17.2. The van der Waals surface area contributed by atoms with Crippen molar-refractivity contribution < 1.29 is 4.79 Å². The molecule has 1 N–H and O–H groups in total. The summed E-state index contributed by atoms with van der Waals surface area (Å²) in [7, 11) is 0. The summed E-state index contributed by atoms with van der Waals surface area (Å²) < 4.78 is 0. The van der Waals surface area contributed by atoms with Crippen molar-refractivity contribution in [3.8, 4) is 0 Å². The number of carbonyl (C=O) groups excluding carboxylic acids is 1. The van der Waals surface area contributed by atoms with Gasteiger partial charge in [0, 0.05) is 24.4 Å². The Kier molecular flexibility index (Phi) is 6.38. The number of benzene rings is 2. The molecule has 0 bridgehead atoms. The van der Waals surface area contributed by atoms with Gasteiger partial charge in [0.05, 0.1) is 0 Å². The number of aryl methyl sites for hydroxylation is 1. The Morgan fingerprint density at radius 2 is 1.77 bits per heavy atom. The summed E-state index contributed by atoms with van der Waals surface area (Å²) in [4.78, 5) is 16.6. The van der Waals surface area contributed by atoms with Crippen LogP contribution in [-0.2, 0) is 16.6 Å². The largest absolute Gasteiger partial charge is 0.353 e. The van der Waals surface area contributed by atoms with Gasteiger partial charge in [-0.1, -0.05) is 72.8 Å². The number of hydrogen-bond donors (Lipinski definition) is 1. The van der Waals surface area contributed by atoms with Gasteiger partial charge in [0.25, 0.3) is 0 Å². The van der Waals surface area contributed by atoms with E-state index in [0.717, 1.165) is 25.7 Å². The molecule has 0 radical (unpaired) electrons. The number of allylic oxidation sites excluding steroid dienone is 1. The van der Waals surface area contributed by atoms with Crippen LogP contribution in [0.3, 0.4) is 0 Å². The second-order valence-corrected chi connectivity index (χ2v) is 8.02. The normalized spacial score (nSPS) is 20.2. The Bertz CT molecular complexity index is 970. The zero-order chi connectivity index (χ0) is 20.7. The molecule has 0 saturated heterocycles. The Labute approximate surface area is 178 Å². The minimum absolute atomic E-state index is 0.00889. The molecule has 1 aliphatic rings. The van der Waals surface area contributed by atoms with Gasteiger partial charge in [0.15, 0.2) is 0 Å². The van der Waals surface area contributed by atoms with Crippen molar-refractivity contribution in [2.45, 2.75) is 37.0 Å². The first-order chi connectivity index (χ1) is 14.8. The lowest BCUT2D eigenvalue weighted by Gasteiger charge is -2.14. The first kappa shape index (κ1) is 20.1. The average Bonchev–Trinajstić information content (AvgIpc) is 3.55. The molecule has 2 atom stereocenters. The van der Waals surface area contributed by atoms with Crippen molar-refractivity contribution in [2.75, 3.05) is 6.54 Å². The van der Waals surface area contributed by atoms with Crippen LogP contribution >= 0.6 is 0 Å². The third kappa shape index (κ3) is 4.85. The van der Waals surface area contributed by atoms with Gasteiger partial charge in [-0.15, -0.1) is 0 Å². The fourth-order valence-electron chi connectivity index (χ4n) is 4.22. The third-order valence-electron chi connectivity index (χ3n) is 5.96. The molecule has 2 unspecified atom stereocenters. The van der Waals surface area contributed by atoms with Gasteiger partial charge in [-0.2, -0.15) is 0 Å². The van der Waals surface area contributed by atoms with E-state index in [4.69, 9.17) is 0 Å². The van der Waals surface area contributed by atoms with Crippen LogP contribution < -0.4 is 5.32 Å². The summed E-state index contributed by atoms with van der Waals surface area (Å²) in [6.45, 7) is 0.698. The smallest absolute Gasteiger partial charge is 0.243 e.